The number of benzene rings is 2. The van der Waals surface area contributed by atoms with Crippen molar-refractivity contribution >= 4 is 27.5 Å². The summed E-state index contributed by atoms with van der Waals surface area (Å²) in [5.74, 6) is 0.0443. The fourth-order valence-corrected chi connectivity index (χ4v) is 5.11. The number of aromatic nitrogens is 1. The van der Waals surface area contributed by atoms with Crippen LogP contribution in [0.1, 0.15) is 54.0 Å². The van der Waals surface area contributed by atoms with Crippen molar-refractivity contribution in [1.29, 1.82) is 0 Å². The van der Waals surface area contributed by atoms with E-state index in [2.05, 4.69) is 14.6 Å². The molecule has 1 N–H and O–H groups in total. The molecule has 4 rings (SSSR count). The first-order chi connectivity index (χ1) is 18.9. The van der Waals surface area contributed by atoms with E-state index in [0.717, 1.165) is 22.4 Å². The number of anilines is 1. The Hall–Kier alpha value is -3.92. The monoisotopic (exact) mass is 564 g/mol. The third-order valence-corrected chi connectivity index (χ3v) is 8.97. The van der Waals surface area contributed by atoms with Crippen molar-refractivity contribution in [3.8, 4) is 16.9 Å². The zero-order chi connectivity index (χ0) is 29.1. The summed E-state index contributed by atoms with van der Waals surface area (Å²) < 4.78 is 31.2. The second-order valence-corrected chi connectivity index (χ2v) is 13.2. The molecule has 0 aliphatic carbocycles. The number of piperazine rings is 1. The van der Waals surface area contributed by atoms with E-state index in [-0.39, 0.29) is 11.5 Å². The molecule has 0 atom stereocenters. The van der Waals surface area contributed by atoms with Crippen LogP contribution in [0.5, 0.6) is 5.75 Å². The molecular formula is C30H36N4O5S. The number of carbonyl (C=O) groups is 2. The Kier molecular flexibility index (Phi) is 8.48. The summed E-state index contributed by atoms with van der Waals surface area (Å²) in [6.45, 7) is 11.5. The first-order valence-corrected chi connectivity index (χ1v) is 14.8. The number of nitrogens with one attached hydrogen (secondary N) is 1. The third-order valence-electron chi connectivity index (χ3n) is 6.90. The van der Waals surface area contributed by atoms with Gasteiger partial charge in [-0.3, -0.25) is 14.6 Å². The molecule has 1 aliphatic heterocycles. The minimum Gasteiger partial charge on any atom is -0.492 e. The maximum absolute atomic E-state index is 13.3. The summed E-state index contributed by atoms with van der Waals surface area (Å²) in [7, 11) is -3.79. The predicted molar refractivity (Wildman–Crippen MR) is 156 cm³/mol. The van der Waals surface area contributed by atoms with Gasteiger partial charge >= 0.3 is 0 Å². The molecule has 9 nitrogen and oxygen atoms in total. The van der Waals surface area contributed by atoms with Gasteiger partial charge in [-0.15, -0.1) is 0 Å². The zero-order valence-corrected chi connectivity index (χ0v) is 24.4. The SMILES string of the molecule is CCOc1cncc(-c2ccc(C(=O)N3CCN(c4ccc(C(=O)NS(=O)(=O)C(C)(C)C)cc4)CC3)cc2C)c1. The minimum absolute atomic E-state index is 0.0115. The van der Waals surface area contributed by atoms with E-state index in [1.165, 1.54) is 20.8 Å². The summed E-state index contributed by atoms with van der Waals surface area (Å²) >= 11 is 0. The second kappa shape index (κ2) is 11.7. The van der Waals surface area contributed by atoms with E-state index in [0.29, 0.717) is 44.1 Å². The van der Waals surface area contributed by atoms with Gasteiger partial charge in [0.15, 0.2) is 0 Å². The van der Waals surface area contributed by atoms with Crippen molar-refractivity contribution in [2.45, 2.75) is 39.4 Å². The maximum atomic E-state index is 13.3. The van der Waals surface area contributed by atoms with Crippen LogP contribution < -0.4 is 14.4 Å². The lowest BCUT2D eigenvalue weighted by atomic mass is 9.99. The smallest absolute Gasteiger partial charge is 0.264 e. The van der Waals surface area contributed by atoms with Crippen molar-refractivity contribution in [2.24, 2.45) is 0 Å². The normalized spacial score (nSPS) is 14.1. The quantitative estimate of drug-likeness (QED) is 0.456. The standard InChI is InChI=1S/C30H36N4O5S/c1-6-39-26-18-24(19-31-20-26)27-12-9-23(17-21(27)2)29(36)34-15-13-33(14-16-34)25-10-7-22(8-11-25)28(35)32-40(37,38)30(3,4)5/h7-12,17-20H,6,13-16H2,1-5H3,(H,32,35). The number of rotatable bonds is 7. The van der Waals surface area contributed by atoms with Crippen LogP contribution in [-0.2, 0) is 10.0 Å². The van der Waals surface area contributed by atoms with E-state index >= 15 is 0 Å². The number of sulfonamides is 1. The lowest BCUT2D eigenvalue weighted by Gasteiger charge is -2.36. The van der Waals surface area contributed by atoms with Crippen molar-refractivity contribution in [3.63, 3.8) is 0 Å². The topological polar surface area (TPSA) is 109 Å². The lowest BCUT2D eigenvalue weighted by Crippen LogP contribution is -2.48. The van der Waals surface area contributed by atoms with E-state index in [9.17, 15) is 18.0 Å². The first-order valence-electron chi connectivity index (χ1n) is 13.3. The second-order valence-electron chi connectivity index (χ2n) is 10.7. The van der Waals surface area contributed by atoms with Crippen LogP contribution in [-0.4, -0.2) is 67.6 Å². The molecule has 1 aromatic heterocycles. The van der Waals surface area contributed by atoms with Gasteiger partial charge in [0.1, 0.15) is 5.75 Å². The number of amides is 2. The maximum Gasteiger partial charge on any atom is 0.264 e. The largest absolute Gasteiger partial charge is 0.492 e. The molecule has 1 fully saturated rings. The summed E-state index contributed by atoms with van der Waals surface area (Å²) in [6, 6.07) is 14.5. The van der Waals surface area contributed by atoms with Gasteiger partial charge in [0.25, 0.3) is 11.8 Å². The van der Waals surface area contributed by atoms with Gasteiger partial charge in [0.05, 0.1) is 17.6 Å². The van der Waals surface area contributed by atoms with Crippen LogP contribution in [0.15, 0.2) is 60.9 Å². The Morgan fingerprint density at radius 3 is 2.20 bits per heavy atom. The average Bonchev–Trinajstić information content (AvgIpc) is 2.92. The minimum atomic E-state index is -3.79. The Bertz CT molecular complexity index is 1490. The summed E-state index contributed by atoms with van der Waals surface area (Å²) in [4.78, 5) is 34.0. The molecule has 212 valence electrons. The van der Waals surface area contributed by atoms with Gasteiger partial charge in [-0.1, -0.05) is 6.07 Å². The van der Waals surface area contributed by atoms with Crippen LogP contribution in [0.4, 0.5) is 5.69 Å². The number of hydrogen-bond acceptors (Lipinski definition) is 7. The van der Waals surface area contributed by atoms with Crippen molar-refractivity contribution in [1.82, 2.24) is 14.6 Å². The molecule has 2 amide bonds. The highest BCUT2D eigenvalue weighted by Gasteiger charge is 2.31. The lowest BCUT2D eigenvalue weighted by molar-refractivity contribution is 0.0746. The molecular weight excluding hydrogens is 528 g/mol. The van der Waals surface area contributed by atoms with Gasteiger partial charge in [-0.25, -0.2) is 13.1 Å². The van der Waals surface area contributed by atoms with E-state index in [1.807, 2.05) is 43.0 Å². The van der Waals surface area contributed by atoms with Crippen LogP contribution in [0.3, 0.4) is 0 Å². The number of aryl methyl sites for hydroxylation is 1. The number of pyridine rings is 1. The van der Waals surface area contributed by atoms with E-state index < -0.39 is 20.7 Å². The van der Waals surface area contributed by atoms with Crippen molar-refractivity contribution in [3.05, 3.63) is 77.6 Å². The van der Waals surface area contributed by atoms with Crippen molar-refractivity contribution < 1.29 is 22.7 Å². The molecule has 3 aromatic rings. The molecule has 40 heavy (non-hydrogen) atoms. The Morgan fingerprint density at radius 2 is 1.60 bits per heavy atom. The zero-order valence-electron chi connectivity index (χ0n) is 23.6. The van der Waals surface area contributed by atoms with Gasteiger partial charge in [-0.05, 0) is 88.2 Å². The molecule has 0 saturated carbocycles. The first kappa shape index (κ1) is 29.1. The Labute approximate surface area is 236 Å². The molecule has 10 heteroatoms. The predicted octanol–water partition coefficient (Wildman–Crippen LogP) is 4.28. The van der Waals surface area contributed by atoms with Crippen LogP contribution in [0.2, 0.25) is 0 Å². The molecule has 1 aliphatic rings. The molecule has 0 spiro atoms. The molecule has 0 radical (unpaired) electrons. The highest BCUT2D eigenvalue weighted by molar-refractivity contribution is 7.91. The molecule has 2 aromatic carbocycles. The Morgan fingerprint density at radius 1 is 0.950 bits per heavy atom. The highest BCUT2D eigenvalue weighted by Crippen LogP contribution is 2.27. The number of carbonyl (C=O) groups excluding carboxylic acids is 2. The fourth-order valence-electron chi connectivity index (χ4n) is 4.44. The van der Waals surface area contributed by atoms with E-state index in [4.69, 9.17) is 4.74 Å². The molecule has 0 bridgehead atoms. The van der Waals surface area contributed by atoms with Crippen LogP contribution in [0.25, 0.3) is 11.1 Å². The Balaban J connectivity index is 1.37. The fraction of sp³-hybridized carbons (Fsp3) is 0.367. The van der Waals surface area contributed by atoms with Crippen LogP contribution in [0, 0.1) is 6.92 Å². The summed E-state index contributed by atoms with van der Waals surface area (Å²) in [5, 5.41) is 0. The van der Waals surface area contributed by atoms with Gasteiger partial charge in [0.2, 0.25) is 10.0 Å². The van der Waals surface area contributed by atoms with E-state index in [1.54, 1.807) is 36.7 Å². The van der Waals surface area contributed by atoms with Gasteiger partial charge in [0, 0.05) is 54.8 Å². The number of nitrogens with zero attached hydrogens (tertiary/aromatic N) is 3. The summed E-state index contributed by atoms with van der Waals surface area (Å²) in [6.07, 6.45) is 3.48. The number of hydrogen-bond donors (Lipinski definition) is 1. The molecule has 2 heterocycles. The number of ether oxygens (including phenoxy) is 1. The molecule has 0 unspecified atom stereocenters. The molecule has 1 saturated heterocycles. The highest BCUT2D eigenvalue weighted by atomic mass is 32.2. The summed E-state index contributed by atoms with van der Waals surface area (Å²) in [5.41, 5.74) is 4.75. The third kappa shape index (κ3) is 6.44. The van der Waals surface area contributed by atoms with Gasteiger partial charge < -0.3 is 14.5 Å². The van der Waals surface area contributed by atoms with Gasteiger partial charge in [-0.2, -0.15) is 0 Å². The average molecular weight is 565 g/mol. The van der Waals surface area contributed by atoms with Crippen molar-refractivity contribution in [2.75, 3.05) is 37.7 Å². The van der Waals surface area contributed by atoms with Crippen LogP contribution >= 0.6 is 0 Å².